The molecule has 0 aromatic rings. The summed E-state index contributed by atoms with van der Waals surface area (Å²) in [6.07, 6.45) is 10.8. The Bertz CT molecular complexity index is 682. The monoisotopic (exact) mass is 452 g/mol. The number of carbonyl (C=O) groups excluding carboxylic acids is 1. The number of hydrogen-bond acceptors (Lipinski definition) is 2. The number of allylic oxidation sites excluding steroid dienone is 1. The van der Waals surface area contributed by atoms with E-state index in [9.17, 15) is 9.90 Å². The Morgan fingerprint density at radius 3 is 2.80 bits per heavy atom. The predicted molar refractivity (Wildman–Crippen MR) is 107 cm³/mol. The molecule has 0 aromatic heterocycles. The molecule has 8 atom stereocenters. The van der Waals surface area contributed by atoms with Gasteiger partial charge in [-0.1, -0.05) is 19.1 Å². The molecule has 0 heterocycles. The van der Waals surface area contributed by atoms with Gasteiger partial charge in [0.25, 0.3) is 0 Å². The molecule has 25 heavy (non-hydrogen) atoms. The van der Waals surface area contributed by atoms with Crippen LogP contribution in [0.15, 0.2) is 21.8 Å². The maximum atomic E-state index is 11.9. The molecule has 5 aliphatic rings. The third-order valence-electron chi connectivity index (χ3n) is 9.02. The maximum absolute atomic E-state index is 11.9. The molecule has 1 N–H and O–H groups in total. The molecule has 4 saturated carbocycles. The molecule has 0 spiro atoms. The average molecular weight is 452 g/mol. The number of rotatable bonds is 2. The first-order valence-electron chi connectivity index (χ1n) is 10.2. The van der Waals surface area contributed by atoms with Gasteiger partial charge in [-0.05, 0) is 109 Å². The van der Waals surface area contributed by atoms with Crippen molar-refractivity contribution in [1.82, 2.24) is 0 Å². The average Bonchev–Trinajstić information content (AvgIpc) is 3.35. The standard InChI is InChI=1S/C22H29IO2/c1-3-21-9-8-16-15-7-5-14(24)10-13(15)4-6-17(16)20(21)18-11-19(18)22(21,25)12(2)23/h10,15-20,25H,2-9,11H2,1H3/t15-,16+,17+,18-,19+,20+,21-,22-/m0/s1. The van der Waals surface area contributed by atoms with Crippen molar-refractivity contribution < 1.29 is 9.90 Å². The molecule has 3 heteroatoms. The van der Waals surface area contributed by atoms with Gasteiger partial charge in [-0.2, -0.15) is 0 Å². The van der Waals surface area contributed by atoms with Crippen molar-refractivity contribution in [3.63, 3.8) is 0 Å². The molecule has 5 rings (SSSR count). The Kier molecular flexibility index (Phi) is 3.69. The van der Waals surface area contributed by atoms with Crippen LogP contribution in [-0.4, -0.2) is 16.5 Å². The summed E-state index contributed by atoms with van der Waals surface area (Å²) < 4.78 is 0.986. The van der Waals surface area contributed by atoms with Crippen molar-refractivity contribution in [3.05, 3.63) is 21.8 Å². The van der Waals surface area contributed by atoms with Crippen LogP contribution in [0.3, 0.4) is 0 Å². The minimum absolute atomic E-state index is 0.0612. The number of carbonyl (C=O) groups is 1. The molecule has 0 aliphatic heterocycles. The molecule has 0 saturated heterocycles. The van der Waals surface area contributed by atoms with Gasteiger partial charge in [-0.25, -0.2) is 0 Å². The molecular formula is C22H29IO2. The van der Waals surface area contributed by atoms with Crippen LogP contribution in [0.5, 0.6) is 0 Å². The van der Waals surface area contributed by atoms with Crippen LogP contribution in [0.2, 0.25) is 0 Å². The third-order valence-corrected chi connectivity index (χ3v) is 9.84. The molecule has 5 aliphatic carbocycles. The smallest absolute Gasteiger partial charge is 0.155 e. The van der Waals surface area contributed by atoms with Crippen LogP contribution in [0.4, 0.5) is 0 Å². The highest BCUT2D eigenvalue weighted by atomic mass is 127. The van der Waals surface area contributed by atoms with Crippen molar-refractivity contribution in [2.24, 2.45) is 40.9 Å². The number of halogens is 1. The molecule has 0 amide bonds. The molecule has 2 nitrogen and oxygen atoms in total. The van der Waals surface area contributed by atoms with Gasteiger partial charge in [0.2, 0.25) is 0 Å². The fourth-order valence-corrected chi connectivity index (χ4v) is 9.05. The first kappa shape index (κ1) is 17.0. The van der Waals surface area contributed by atoms with Gasteiger partial charge >= 0.3 is 0 Å². The summed E-state index contributed by atoms with van der Waals surface area (Å²) in [6.45, 7) is 6.54. The van der Waals surface area contributed by atoms with Crippen LogP contribution < -0.4 is 0 Å². The van der Waals surface area contributed by atoms with E-state index in [1.807, 2.05) is 6.08 Å². The van der Waals surface area contributed by atoms with E-state index in [-0.39, 0.29) is 5.41 Å². The highest BCUT2D eigenvalue weighted by molar-refractivity contribution is 14.1. The topological polar surface area (TPSA) is 37.3 Å². The van der Waals surface area contributed by atoms with Crippen molar-refractivity contribution >= 4 is 28.4 Å². The van der Waals surface area contributed by atoms with Crippen LogP contribution in [-0.2, 0) is 4.79 Å². The van der Waals surface area contributed by atoms with Crippen molar-refractivity contribution in [2.75, 3.05) is 0 Å². The quantitative estimate of drug-likeness (QED) is 0.596. The number of fused-ring (bicyclic) bond motifs is 7. The second kappa shape index (κ2) is 5.43. The SMILES string of the molecule is C=C(I)[C@]1(O)[C@@H]2C[C@@H]2[C@H]2[C@@H]3CCC4=CC(=O)CC[C@@H]4[C@H]3CC[C@@]21CC. The van der Waals surface area contributed by atoms with Gasteiger partial charge in [-0.3, -0.25) is 4.79 Å². The fraction of sp³-hybridized carbons (Fsp3) is 0.773. The zero-order valence-electron chi connectivity index (χ0n) is 15.1. The van der Waals surface area contributed by atoms with Crippen molar-refractivity contribution in [2.45, 2.75) is 63.9 Å². The fourth-order valence-electron chi connectivity index (χ4n) is 8.11. The third kappa shape index (κ3) is 1.98. The molecule has 4 fully saturated rings. The van der Waals surface area contributed by atoms with Gasteiger partial charge < -0.3 is 5.11 Å². The van der Waals surface area contributed by atoms with E-state index >= 15 is 0 Å². The van der Waals surface area contributed by atoms with E-state index in [1.54, 1.807) is 0 Å². The molecule has 0 radical (unpaired) electrons. The zero-order chi connectivity index (χ0) is 17.6. The summed E-state index contributed by atoms with van der Waals surface area (Å²) in [4.78, 5) is 11.9. The lowest BCUT2D eigenvalue weighted by Gasteiger charge is -2.58. The highest BCUT2D eigenvalue weighted by Crippen LogP contribution is 2.78. The zero-order valence-corrected chi connectivity index (χ0v) is 17.3. The number of ketones is 1. The van der Waals surface area contributed by atoms with Crippen molar-refractivity contribution in [1.29, 1.82) is 0 Å². The lowest BCUT2D eigenvalue weighted by atomic mass is 9.48. The summed E-state index contributed by atoms with van der Waals surface area (Å²) >= 11 is 2.31. The van der Waals surface area contributed by atoms with E-state index in [2.05, 4.69) is 36.1 Å². The minimum atomic E-state index is -0.638. The van der Waals surface area contributed by atoms with Crippen LogP contribution in [0, 0.1) is 40.9 Å². The van der Waals surface area contributed by atoms with Crippen molar-refractivity contribution in [3.8, 4) is 0 Å². The van der Waals surface area contributed by atoms with E-state index in [0.29, 0.717) is 23.5 Å². The van der Waals surface area contributed by atoms with E-state index in [1.165, 1.54) is 24.8 Å². The summed E-state index contributed by atoms with van der Waals surface area (Å²) in [7, 11) is 0. The molecule has 0 unspecified atom stereocenters. The Morgan fingerprint density at radius 1 is 1.28 bits per heavy atom. The summed E-state index contributed by atoms with van der Waals surface area (Å²) in [5.41, 5.74) is 0.882. The second-order valence-corrected chi connectivity index (χ2v) is 10.8. The normalized spacial score (nSPS) is 53.2. The van der Waals surface area contributed by atoms with E-state index in [0.717, 1.165) is 53.4 Å². The lowest BCUT2D eigenvalue weighted by Crippen LogP contribution is -2.56. The van der Waals surface area contributed by atoms with E-state index < -0.39 is 5.60 Å². The minimum Gasteiger partial charge on any atom is -0.384 e. The Morgan fingerprint density at radius 2 is 2.08 bits per heavy atom. The number of aliphatic hydroxyl groups is 1. The van der Waals surface area contributed by atoms with E-state index in [4.69, 9.17) is 0 Å². The first-order chi connectivity index (χ1) is 11.9. The highest BCUT2D eigenvalue weighted by Gasteiger charge is 2.77. The van der Waals surface area contributed by atoms with Crippen LogP contribution >= 0.6 is 22.6 Å². The Hall–Kier alpha value is -0.160. The Labute approximate surface area is 164 Å². The predicted octanol–water partition coefficient (Wildman–Crippen LogP) is 5.05. The van der Waals surface area contributed by atoms with Gasteiger partial charge in [0.05, 0.1) is 0 Å². The van der Waals surface area contributed by atoms with Gasteiger partial charge in [-0.15, -0.1) is 0 Å². The second-order valence-electron chi connectivity index (χ2n) is 9.45. The van der Waals surface area contributed by atoms with Gasteiger partial charge in [0, 0.05) is 15.4 Å². The largest absolute Gasteiger partial charge is 0.384 e. The van der Waals surface area contributed by atoms with Gasteiger partial charge in [0.15, 0.2) is 5.78 Å². The molecular weight excluding hydrogens is 423 g/mol. The molecule has 136 valence electrons. The van der Waals surface area contributed by atoms with Gasteiger partial charge in [0.1, 0.15) is 5.60 Å². The Balaban J connectivity index is 1.54. The maximum Gasteiger partial charge on any atom is 0.155 e. The first-order valence-corrected chi connectivity index (χ1v) is 11.3. The summed E-state index contributed by atoms with van der Waals surface area (Å²) in [5.74, 6) is 4.37. The summed E-state index contributed by atoms with van der Waals surface area (Å²) in [6, 6.07) is 0. The lowest BCUT2D eigenvalue weighted by molar-refractivity contribution is -0.128. The number of hydrogen-bond donors (Lipinski definition) is 1. The van der Waals surface area contributed by atoms with Crippen LogP contribution in [0.25, 0.3) is 0 Å². The summed E-state index contributed by atoms with van der Waals surface area (Å²) in [5, 5.41) is 11.8. The molecule has 0 aromatic carbocycles. The molecule has 0 bridgehead atoms. The van der Waals surface area contributed by atoms with Crippen LogP contribution in [0.1, 0.15) is 58.3 Å².